The molecule has 1 unspecified atom stereocenters. The van der Waals surface area contributed by atoms with Gasteiger partial charge in [0.25, 0.3) is 0 Å². The minimum Gasteiger partial charge on any atom is -0.383 e. The monoisotopic (exact) mass is 258 g/mol. The van der Waals surface area contributed by atoms with E-state index in [1.165, 1.54) is 0 Å². The van der Waals surface area contributed by atoms with Gasteiger partial charge in [-0.2, -0.15) is 11.8 Å². The minimum atomic E-state index is -0.568. The number of carbonyl (C=O) groups excluding carboxylic acids is 1. The van der Waals surface area contributed by atoms with E-state index in [0.717, 1.165) is 37.2 Å². The van der Waals surface area contributed by atoms with E-state index in [0.29, 0.717) is 19.2 Å². The zero-order valence-corrected chi connectivity index (χ0v) is 11.3. The van der Waals surface area contributed by atoms with Crippen molar-refractivity contribution in [3.63, 3.8) is 0 Å². The molecule has 0 spiro atoms. The van der Waals surface area contributed by atoms with Crippen LogP contribution in [0.25, 0.3) is 0 Å². The molecule has 0 radical (unpaired) electrons. The molecule has 1 saturated carbocycles. The summed E-state index contributed by atoms with van der Waals surface area (Å²) in [5.74, 6) is 2.35. The zero-order valence-electron chi connectivity index (χ0n) is 10.5. The highest BCUT2D eigenvalue weighted by Crippen LogP contribution is 2.33. The van der Waals surface area contributed by atoms with Crippen LogP contribution in [-0.4, -0.2) is 54.2 Å². The second-order valence-electron chi connectivity index (χ2n) is 5.02. The van der Waals surface area contributed by atoms with Crippen LogP contribution in [0.2, 0.25) is 0 Å². The predicted octanol–water partition coefficient (Wildman–Crippen LogP) is 0.848. The van der Waals surface area contributed by atoms with Crippen LogP contribution in [0, 0.1) is 0 Å². The van der Waals surface area contributed by atoms with Crippen molar-refractivity contribution in [1.29, 1.82) is 0 Å². The van der Waals surface area contributed by atoms with Crippen molar-refractivity contribution in [2.45, 2.75) is 37.3 Å². The van der Waals surface area contributed by atoms with Crippen LogP contribution in [0.1, 0.15) is 25.7 Å². The van der Waals surface area contributed by atoms with Crippen LogP contribution in [0.5, 0.6) is 0 Å². The Morgan fingerprint density at radius 3 is 2.82 bits per heavy atom. The summed E-state index contributed by atoms with van der Waals surface area (Å²) in [7, 11) is 1.67. The van der Waals surface area contributed by atoms with Crippen molar-refractivity contribution >= 4 is 17.7 Å². The molecule has 2 fully saturated rings. The summed E-state index contributed by atoms with van der Waals surface area (Å²) in [6.45, 7) is 1.28. The molecule has 2 rings (SSSR count). The van der Waals surface area contributed by atoms with Crippen LogP contribution in [0.4, 0.5) is 0 Å². The van der Waals surface area contributed by atoms with Crippen molar-refractivity contribution in [3.05, 3.63) is 0 Å². The second kappa shape index (κ2) is 5.59. The number of rotatable bonds is 5. The molecule has 1 atom stereocenters. The molecule has 0 bridgehead atoms. The highest BCUT2D eigenvalue weighted by atomic mass is 32.2. The van der Waals surface area contributed by atoms with Crippen molar-refractivity contribution in [1.82, 2.24) is 4.90 Å². The molecule has 2 aliphatic rings. The van der Waals surface area contributed by atoms with Crippen molar-refractivity contribution in [2.24, 2.45) is 5.73 Å². The number of nitrogens with two attached hydrogens (primary N) is 1. The maximum absolute atomic E-state index is 12.5. The molecule has 5 heteroatoms. The number of carbonyl (C=O) groups is 1. The van der Waals surface area contributed by atoms with E-state index in [4.69, 9.17) is 10.5 Å². The highest BCUT2D eigenvalue weighted by molar-refractivity contribution is 7.99. The fourth-order valence-corrected chi connectivity index (χ4v) is 3.69. The average molecular weight is 258 g/mol. The molecule has 1 amide bonds. The molecule has 1 saturated heterocycles. The number of thioether (sulfide) groups is 1. The molecule has 4 nitrogen and oxygen atoms in total. The lowest BCUT2D eigenvalue weighted by Gasteiger charge is -2.42. The van der Waals surface area contributed by atoms with Crippen LogP contribution in [-0.2, 0) is 9.53 Å². The van der Waals surface area contributed by atoms with Gasteiger partial charge in [-0.1, -0.05) is 0 Å². The molecule has 1 heterocycles. The summed E-state index contributed by atoms with van der Waals surface area (Å²) in [4.78, 5) is 14.5. The van der Waals surface area contributed by atoms with E-state index >= 15 is 0 Å². The molecule has 1 aliphatic heterocycles. The molecule has 0 aromatic rings. The fourth-order valence-electron chi connectivity index (χ4n) is 2.47. The van der Waals surface area contributed by atoms with E-state index < -0.39 is 5.54 Å². The van der Waals surface area contributed by atoms with Crippen LogP contribution >= 0.6 is 11.8 Å². The predicted molar refractivity (Wildman–Crippen MR) is 70.1 cm³/mol. The summed E-state index contributed by atoms with van der Waals surface area (Å²) in [6.07, 6.45) is 3.86. The van der Waals surface area contributed by atoms with Gasteiger partial charge < -0.3 is 15.4 Å². The maximum atomic E-state index is 12.5. The Morgan fingerprint density at radius 1 is 1.59 bits per heavy atom. The maximum Gasteiger partial charge on any atom is 0.243 e. The van der Waals surface area contributed by atoms with Gasteiger partial charge in [-0.25, -0.2) is 0 Å². The first-order valence-corrected chi connectivity index (χ1v) is 7.49. The molecular formula is C12H22N2O2S. The van der Waals surface area contributed by atoms with E-state index in [1.807, 2.05) is 16.7 Å². The molecule has 1 aliphatic carbocycles. The van der Waals surface area contributed by atoms with Crippen molar-refractivity contribution < 1.29 is 9.53 Å². The largest absolute Gasteiger partial charge is 0.383 e. The van der Waals surface area contributed by atoms with E-state index in [1.54, 1.807) is 7.11 Å². The molecule has 0 aromatic heterocycles. The fraction of sp³-hybridized carbons (Fsp3) is 0.917. The summed E-state index contributed by atoms with van der Waals surface area (Å²) in [5.41, 5.74) is 5.58. The van der Waals surface area contributed by atoms with Crippen molar-refractivity contribution in [2.75, 3.05) is 31.8 Å². The first kappa shape index (κ1) is 13.2. The third-order valence-corrected chi connectivity index (χ3v) is 4.96. The number of hydrogen-bond acceptors (Lipinski definition) is 4. The molecule has 0 aromatic carbocycles. The Labute approximate surface area is 107 Å². The van der Waals surface area contributed by atoms with Gasteiger partial charge in [0, 0.05) is 25.4 Å². The van der Waals surface area contributed by atoms with Gasteiger partial charge in [0.2, 0.25) is 5.91 Å². The molecule has 98 valence electrons. The zero-order chi connectivity index (χ0) is 12.3. The van der Waals surface area contributed by atoms with Crippen LogP contribution < -0.4 is 5.73 Å². The van der Waals surface area contributed by atoms with Gasteiger partial charge in [0.1, 0.15) is 0 Å². The minimum absolute atomic E-state index is 0.147. The summed E-state index contributed by atoms with van der Waals surface area (Å²) < 4.78 is 5.10. The number of nitrogens with zero attached hydrogens (tertiary/aromatic N) is 1. The first-order valence-electron chi connectivity index (χ1n) is 6.34. The lowest BCUT2D eigenvalue weighted by molar-refractivity contribution is -0.142. The summed E-state index contributed by atoms with van der Waals surface area (Å²) in [5, 5.41) is 0. The number of amides is 1. The van der Waals surface area contributed by atoms with E-state index in [9.17, 15) is 4.79 Å². The van der Waals surface area contributed by atoms with Gasteiger partial charge in [-0.05, 0) is 31.4 Å². The lowest BCUT2D eigenvalue weighted by Crippen LogP contribution is -2.61. The number of methoxy groups -OCH3 is 1. The second-order valence-corrected chi connectivity index (χ2v) is 6.17. The number of hydrogen-bond donors (Lipinski definition) is 1. The molecule has 2 N–H and O–H groups in total. The normalized spacial score (nSPS) is 26.6. The third-order valence-electron chi connectivity index (χ3n) is 3.82. The van der Waals surface area contributed by atoms with Gasteiger partial charge in [-0.3, -0.25) is 4.79 Å². The average Bonchev–Trinajstić information content (AvgIpc) is 2.79. The summed E-state index contributed by atoms with van der Waals surface area (Å²) in [6, 6.07) is 0.365. The highest BCUT2D eigenvalue weighted by Gasteiger charge is 2.44. The smallest absolute Gasteiger partial charge is 0.243 e. The number of ether oxygens (including phenoxy) is 1. The standard InChI is InChI=1S/C12H22N2O2S/c1-16-7-6-14(10-3-8-17-9-10)11(15)12(13)4-2-5-12/h10H,2-9,13H2,1H3. The molecule has 17 heavy (non-hydrogen) atoms. The van der Waals surface area contributed by atoms with E-state index in [2.05, 4.69) is 0 Å². The van der Waals surface area contributed by atoms with Crippen LogP contribution in [0.3, 0.4) is 0 Å². The van der Waals surface area contributed by atoms with Crippen molar-refractivity contribution in [3.8, 4) is 0 Å². The Bertz CT molecular complexity index is 276. The lowest BCUT2D eigenvalue weighted by atomic mass is 9.76. The van der Waals surface area contributed by atoms with Gasteiger partial charge in [0.15, 0.2) is 0 Å². The van der Waals surface area contributed by atoms with Crippen LogP contribution in [0.15, 0.2) is 0 Å². The quantitative estimate of drug-likeness (QED) is 0.794. The first-order chi connectivity index (χ1) is 8.17. The third kappa shape index (κ3) is 2.77. The van der Waals surface area contributed by atoms with E-state index in [-0.39, 0.29) is 5.91 Å². The van der Waals surface area contributed by atoms with Gasteiger partial charge >= 0.3 is 0 Å². The van der Waals surface area contributed by atoms with Gasteiger partial charge in [0.05, 0.1) is 12.1 Å². The topological polar surface area (TPSA) is 55.6 Å². The molecular weight excluding hydrogens is 236 g/mol. The summed E-state index contributed by atoms with van der Waals surface area (Å²) >= 11 is 1.92. The Hall–Kier alpha value is -0.260. The SMILES string of the molecule is COCCN(C(=O)C1(N)CCC1)C1CCSC1. The Balaban J connectivity index is 2.00. The Kier molecular flexibility index (Phi) is 4.33. The van der Waals surface area contributed by atoms with Gasteiger partial charge in [-0.15, -0.1) is 0 Å². The Morgan fingerprint density at radius 2 is 2.35 bits per heavy atom.